The maximum absolute atomic E-state index is 4.68. The number of hydrogen-bond acceptors (Lipinski definition) is 6. The van der Waals surface area contributed by atoms with Gasteiger partial charge in [0.1, 0.15) is 5.69 Å². The number of pyridine rings is 2. The summed E-state index contributed by atoms with van der Waals surface area (Å²) in [5.41, 5.74) is 8.54. The molecule has 35 heavy (non-hydrogen) atoms. The van der Waals surface area contributed by atoms with E-state index in [-0.39, 0.29) is 0 Å². The van der Waals surface area contributed by atoms with Gasteiger partial charge >= 0.3 is 0 Å². The number of hydrogen-bond donors (Lipinski definition) is 3. The summed E-state index contributed by atoms with van der Waals surface area (Å²) in [6.07, 6.45) is 7.73. The number of anilines is 1. The van der Waals surface area contributed by atoms with Gasteiger partial charge in [0.15, 0.2) is 0 Å². The second kappa shape index (κ2) is 9.13. The van der Waals surface area contributed by atoms with Crippen molar-refractivity contribution in [2.24, 2.45) is 0 Å². The van der Waals surface area contributed by atoms with Crippen molar-refractivity contribution in [2.45, 2.75) is 13.5 Å². The van der Waals surface area contributed by atoms with E-state index in [2.05, 4.69) is 84.6 Å². The molecule has 0 unspecified atom stereocenters. The van der Waals surface area contributed by atoms with E-state index in [9.17, 15) is 0 Å². The van der Waals surface area contributed by atoms with Gasteiger partial charge in [-0.2, -0.15) is 5.10 Å². The van der Waals surface area contributed by atoms with E-state index in [0.717, 1.165) is 78.2 Å². The summed E-state index contributed by atoms with van der Waals surface area (Å²) in [6.45, 7) is 8.00. The maximum Gasteiger partial charge on any atom is 0.116 e. The van der Waals surface area contributed by atoms with Crippen molar-refractivity contribution in [3.63, 3.8) is 0 Å². The van der Waals surface area contributed by atoms with Gasteiger partial charge in [-0.15, -0.1) is 0 Å². The second-order valence-electron chi connectivity index (χ2n) is 9.29. The van der Waals surface area contributed by atoms with Crippen LogP contribution >= 0.6 is 0 Å². The van der Waals surface area contributed by atoms with Crippen molar-refractivity contribution < 1.29 is 0 Å². The summed E-state index contributed by atoms with van der Waals surface area (Å²) in [4.78, 5) is 17.4. The molecule has 1 aliphatic rings. The number of likely N-dealkylation sites (N-methyl/N-ethyl adjacent to an activating group) is 1. The number of piperazine rings is 1. The van der Waals surface area contributed by atoms with Crippen LogP contribution in [0.3, 0.4) is 0 Å². The zero-order valence-corrected chi connectivity index (χ0v) is 20.2. The molecule has 6 rings (SSSR count). The van der Waals surface area contributed by atoms with E-state index in [1.165, 1.54) is 16.6 Å². The number of nitrogens with zero attached hydrogens (tertiary/aromatic N) is 5. The lowest BCUT2D eigenvalue weighted by molar-refractivity contribution is 0.313. The molecule has 1 aromatic carbocycles. The topological polar surface area (TPSA) is 88.8 Å². The number of aromatic nitrogens is 5. The van der Waals surface area contributed by atoms with Crippen LogP contribution in [0.4, 0.5) is 5.69 Å². The Balaban J connectivity index is 1.38. The van der Waals surface area contributed by atoms with Crippen LogP contribution in [0.1, 0.15) is 12.5 Å². The molecular formula is C27H30N8. The summed E-state index contributed by atoms with van der Waals surface area (Å²) in [6, 6.07) is 10.8. The van der Waals surface area contributed by atoms with E-state index in [1.807, 2.05) is 24.8 Å². The Morgan fingerprint density at radius 3 is 2.60 bits per heavy atom. The molecule has 0 aliphatic carbocycles. The minimum atomic E-state index is 0.815. The van der Waals surface area contributed by atoms with E-state index < -0.39 is 0 Å². The van der Waals surface area contributed by atoms with E-state index in [0.29, 0.717) is 0 Å². The van der Waals surface area contributed by atoms with Crippen LogP contribution in [0.15, 0.2) is 55.1 Å². The number of rotatable bonds is 6. The Morgan fingerprint density at radius 1 is 0.886 bits per heavy atom. The molecule has 178 valence electrons. The fourth-order valence-electron chi connectivity index (χ4n) is 4.87. The molecule has 1 fully saturated rings. The van der Waals surface area contributed by atoms with Crippen molar-refractivity contribution in [3.8, 4) is 22.5 Å². The van der Waals surface area contributed by atoms with Gasteiger partial charge in [0, 0.05) is 61.5 Å². The summed E-state index contributed by atoms with van der Waals surface area (Å²) in [5, 5.41) is 13.5. The van der Waals surface area contributed by atoms with E-state index in [1.54, 1.807) is 0 Å². The highest BCUT2D eigenvalue weighted by Gasteiger charge is 2.19. The lowest BCUT2D eigenvalue weighted by Gasteiger charge is -2.34. The first kappa shape index (κ1) is 21.8. The van der Waals surface area contributed by atoms with Gasteiger partial charge in [0.2, 0.25) is 0 Å². The Hall–Kier alpha value is -3.75. The minimum absolute atomic E-state index is 0.815. The molecule has 0 radical (unpaired) electrons. The lowest BCUT2D eigenvalue weighted by atomic mass is 10.0. The SMILES string of the molecule is CCNCc1cncc(-c2ccc3[nH]nc(-c4cc5c(N6CCN(C)CC6)cncc5[nH]4)c3c2)c1. The fourth-order valence-corrected chi connectivity index (χ4v) is 4.87. The van der Waals surface area contributed by atoms with Gasteiger partial charge in [0.25, 0.3) is 0 Å². The maximum atomic E-state index is 4.68. The van der Waals surface area contributed by atoms with Crippen LogP contribution < -0.4 is 10.2 Å². The molecule has 5 aromatic rings. The number of H-pyrrole nitrogens is 2. The largest absolute Gasteiger partial charge is 0.367 e. The van der Waals surface area contributed by atoms with E-state index >= 15 is 0 Å². The third-order valence-corrected chi connectivity index (χ3v) is 6.89. The molecule has 0 saturated carbocycles. The van der Waals surface area contributed by atoms with Crippen LogP contribution in [0.2, 0.25) is 0 Å². The second-order valence-corrected chi connectivity index (χ2v) is 9.29. The van der Waals surface area contributed by atoms with Crippen LogP contribution in [0.25, 0.3) is 44.3 Å². The van der Waals surface area contributed by atoms with Gasteiger partial charge in [-0.25, -0.2) is 0 Å². The number of aromatic amines is 2. The number of fused-ring (bicyclic) bond motifs is 2. The smallest absolute Gasteiger partial charge is 0.116 e. The van der Waals surface area contributed by atoms with Crippen LogP contribution in [-0.4, -0.2) is 69.8 Å². The molecular weight excluding hydrogens is 436 g/mol. The van der Waals surface area contributed by atoms with Crippen molar-refractivity contribution in [1.82, 2.24) is 35.4 Å². The highest BCUT2D eigenvalue weighted by molar-refractivity contribution is 6.00. The average molecular weight is 467 g/mol. The first-order valence-electron chi connectivity index (χ1n) is 12.2. The lowest BCUT2D eigenvalue weighted by Crippen LogP contribution is -2.44. The third kappa shape index (κ3) is 4.15. The van der Waals surface area contributed by atoms with Crippen molar-refractivity contribution in [3.05, 3.63) is 60.7 Å². The summed E-state index contributed by atoms with van der Waals surface area (Å²) in [7, 11) is 2.18. The zero-order chi connectivity index (χ0) is 23.8. The van der Waals surface area contributed by atoms with E-state index in [4.69, 9.17) is 0 Å². The fraction of sp³-hybridized carbons (Fsp3) is 0.296. The molecule has 1 aliphatic heterocycles. The molecule has 4 aromatic heterocycles. The molecule has 0 atom stereocenters. The predicted octanol–water partition coefficient (Wildman–Crippen LogP) is 4.03. The van der Waals surface area contributed by atoms with Crippen LogP contribution in [-0.2, 0) is 6.54 Å². The van der Waals surface area contributed by atoms with Crippen molar-refractivity contribution in [1.29, 1.82) is 0 Å². The molecule has 0 spiro atoms. The number of nitrogens with one attached hydrogen (secondary N) is 3. The van der Waals surface area contributed by atoms with Gasteiger partial charge in [-0.1, -0.05) is 13.0 Å². The molecule has 3 N–H and O–H groups in total. The molecule has 1 saturated heterocycles. The quantitative estimate of drug-likeness (QED) is 0.350. The first-order valence-corrected chi connectivity index (χ1v) is 12.2. The van der Waals surface area contributed by atoms with Gasteiger partial charge < -0.3 is 20.1 Å². The first-order chi connectivity index (χ1) is 17.2. The molecule has 8 nitrogen and oxygen atoms in total. The van der Waals surface area contributed by atoms with Gasteiger partial charge in [-0.3, -0.25) is 15.1 Å². The Morgan fingerprint density at radius 2 is 1.74 bits per heavy atom. The molecule has 0 amide bonds. The number of benzene rings is 1. The Kier molecular flexibility index (Phi) is 5.67. The average Bonchev–Trinajstić information content (AvgIpc) is 3.51. The Bertz CT molecular complexity index is 1480. The summed E-state index contributed by atoms with van der Waals surface area (Å²) in [5.74, 6) is 0. The molecule has 8 heteroatoms. The molecule has 5 heterocycles. The van der Waals surface area contributed by atoms with Gasteiger partial charge in [-0.05, 0) is 49.0 Å². The van der Waals surface area contributed by atoms with Gasteiger partial charge in [0.05, 0.1) is 34.8 Å². The predicted molar refractivity (Wildman–Crippen MR) is 142 cm³/mol. The minimum Gasteiger partial charge on any atom is -0.367 e. The van der Waals surface area contributed by atoms with Crippen molar-refractivity contribution in [2.75, 3.05) is 44.7 Å². The highest BCUT2D eigenvalue weighted by atomic mass is 15.3. The molecule has 0 bridgehead atoms. The standard InChI is InChI=1S/C27H30N8/c1-3-28-13-18-10-20(15-29-14-18)19-4-5-23-22(11-19)27(33-32-23)24-12-21-25(31-24)16-30-17-26(21)35-8-6-34(2)7-9-35/h4-5,10-12,14-17,28,31H,3,6-9,13H2,1-2H3,(H,32,33). The van der Waals surface area contributed by atoms with Crippen LogP contribution in [0, 0.1) is 0 Å². The monoisotopic (exact) mass is 466 g/mol. The summed E-state index contributed by atoms with van der Waals surface area (Å²) >= 11 is 0. The van der Waals surface area contributed by atoms with Crippen LogP contribution in [0.5, 0.6) is 0 Å². The normalized spacial score (nSPS) is 14.9. The summed E-state index contributed by atoms with van der Waals surface area (Å²) < 4.78 is 0. The van der Waals surface area contributed by atoms with Crippen molar-refractivity contribution >= 4 is 27.5 Å². The zero-order valence-electron chi connectivity index (χ0n) is 20.2. The third-order valence-electron chi connectivity index (χ3n) is 6.89. The highest BCUT2D eigenvalue weighted by Crippen LogP contribution is 2.34. The Labute approximate surface area is 204 Å².